The Hall–Kier alpha value is -1.55. The Labute approximate surface area is 98.0 Å². The standard InChI is InChI=1S/C11H11ClN2O2/c12-8-3-1-2-4-9(8)14-11(16)10(15)13-7-5-6-7/h1-4,7H,5-6H2,(H,13,15)(H,14,16). The highest BCUT2D eigenvalue weighted by atomic mass is 35.5. The number of hydrogen-bond donors (Lipinski definition) is 2. The number of amides is 2. The van der Waals surface area contributed by atoms with Crippen molar-refractivity contribution in [2.75, 3.05) is 5.32 Å². The van der Waals surface area contributed by atoms with Crippen molar-refractivity contribution in [2.45, 2.75) is 18.9 Å². The molecule has 4 nitrogen and oxygen atoms in total. The van der Waals surface area contributed by atoms with Gasteiger partial charge in [0.15, 0.2) is 0 Å². The van der Waals surface area contributed by atoms with Crippen molar-refractivity contribution in [1.82, 2.24) is 5.32 Å². The summed E-state index contributed by atoms with van der Waals surface area (Å²) >= 11 is 5.84. The molecule has 84 valence electrons. The summed E-state index contributed by atoms with van der Waals surface area (Å²) in [6.07, 6.45) is 1.90. The van der Waals surface area contributed by atoms with Gasteiger partial charge in [-0.3, -0.25) is 9.59 Å². The van der Waals surface area contributed by atoms with Crippen molar-refractivity contribution in [3.05, 3.63) is 29.3 Å². The summed E-state index contributed by atoms with van der Waals surface area (Å²) in [5.41, 5.74) is 0.445. The van der Waals surface area contributed by atoms with E-state index in [1.54, 1.807) is 24.3 Å². The smallest absolute Gasteiger partial charge is 0.313 e. The molecular formula is C11H11ClN2O2. The van der Waals surface area contributed by atoms with Gasteiger partial charge in [-0.15, -0.1) is 0 Å². The molecule has 0 aliphatic heterocycles. The Bertz CT molecular complexity index is 430. The lowest BCUT2D eigenvalue weighted by atomic mass is 10.3. The van der Waals surface area contributed by atoms with E-state index in [0.29, 0.717) is 10.7 Å². The van der Waals surface area contributed by atoms with Crippen molar-refractivity contribution in [3.8, 4) is 0 Å². The van der Waals surface area contributed by atoms with Gasteiger partial charge in [-0.05, 0) is 25.0 Å². The van der Waals surface area contributed by atoms with Gasteiger partial charge in [0.2, 0.25) is 0 Å². The van der Waals surface area contributed by atoms with E-state index < -0.39 is 11.8 Å². The SMILES string of the molecule is O=C(Nc1ccccc1Cl)C(=O)NC1CC1. The first-order valence-electron chi connectivity index (χ1n) is 5.03. The van der Waals surface area contributed by atoms with E-state index in [4.69, 9.17) is 11.6 Å². The van der Waals surface area contributed by atoms with E-state index in [0.717, 1.165) is 12.8 Å². The zero-order chi connectivity index (χ0) is 11.5. The summed E-state index contributed by atoms with van der Waals surface area (Å²) < 4.78 is 0. The molecule has 2 rings (SSSR count). The monoisotopic (exact) mass is 238 g/mol. The fourth-order valence-corrected chi connectivity index (χ4v) is 1.40. The highest BCUT2D eigenvalue weighted by Crippen LogP contribution is 2.21. The van der Waals surface area contributed by atoms with Gasteiger partial charge in [-0.25, -0.2) is 0 Å². The van der Waals surface area contributed by atoms with Crippen molar-refractivity contribution in [3.63, 3.8) is 0 Å². The van der Waals surface area contributed by atoms with Crippen molar-refractivity contribution < 1.29 is 9.59 Å². The number of halogens is 1. The molecule has 5 heteroatoms. The Kier molecular flexibility index (Phi) is 3.10. The third-order valence-electron chi connectivity index (χ3n) is 2.24. The molecular weight excluding hydrogens is 228 g/mol. The average Bonchev–Trinajstić information content (AvgIpc) is 3.05. The second-order valence-electron chi connectivity index (χ2n) is 3.68. The van der Waals surface area contributed by atoms with Crippen LogP contribution in [0.1, 0.15) is 12.8 Å². The lowest BCUT2D eigenvalue weighted by Gasteiger charge is -2.06. The number of anilines is 1. The fourth-order valence-electron chi connectivity index (χ4n) is 1.22. The van der Waals surface area contributed by atoms with Crippen molar-refractivity contribution in [2.24, 2.45) is 0 Å². The minimum Gasteiger partial charge on any atom is -0.345 e. The molecule has 2 N–H and O–H groups in total. The Morgan fingerprint density at radius 3 is 2.50 bits per heavy atom. The molecule has 0 bridgehead atoms. The minimum atomic E-state index is -0.681. The first-order chi connectivity index (χ1) is 7.66. The zero-order valence-electron chi connectivity index (χ0n) is 8.50. The first-order valence-corrected chi connectivity index (χ1v) is 5.41. The van der Waals surface area contributed by atoms with Crippen LogP contribution in [0.25, 0.3) is 0 Å². The van der Waals surface area contributed by atoms with Crippen LogP contribution in [0, 0.1) is 0 Å². The molecule has 1 aromatic carbocycles. The highest BCUT2D eigenvalue weighted by molar-refractivity contribution is 6.41. The second kappa shape index (κ2) is 4.53. The topological polar surface area (TPSA) is 58.2 Å². The Morgan fingerprint density at radius 2 is 1.88 bits per heavy atom. The normalized spacial score (nSPS) is 14.3. The van der Waals surface area contributed by atoms with Gasteiger partial charge < -0.3 is 10.6 Å². The number of para-hydroxylation sites is 1. The van der Waals surface area contributed by atoms with Crippen LogP contribution in [-0.4, -0.2) is 17.9 Å². The maximum atomic E-state index is 11.4. The Morgan fingerprint density at radius 1 is 1.19 bits per heavy atom. The summed E-state index contributed by atoms with van der Waals surface area (Å²) in [7, 11) is 0. The molecule has 0 aromatic heterocycles. The maximum Gasteiger partial charge on any atom is 0.313 e. The van der Waals surface area contributed by atoms with Gasteiger partial charge in [0.25, 0.3) is 0 Å². The van der Waals surface area contributed by atoms with Gasteiger partial charge in [0, 0.05) is 6.04 Å². The van der Waals surface area contributed by atoms with Crippen LogP contribution in [0.5, 0.6) is 0 Å². The molecule has 1 fully saturated rings. The van der Waals surface area contributed by atoms with Crippen LogP contribution >= 0.6 is 11.6 Å². The molecule has 1 saturated carbocycles. The molecule has 0 unspecified atom stereocenters. The van der Waals surface area contributed by atoms with E-state index in [1.165, 1.54) is 0 Å². The molecule has 1 aliphatic carbocycles. The van der Waals surface area contributed by atoms with Gasteiger partial charge in [0.1, 0.15) is 0 Å². The second-order valence-corrected chi connectivity index (χ2v) is 4.09. The Balaban J connectivity index is 1.95. The number of rotatable bonds is 2. The fraction of sp³-hybridized carbons (Fsp3) is 0.273. The van der Waals surface area contributed by atoms with Crippen LogP contribution < -0.4 is 10.6 Å². The summed E-state index contributed by atoms with van der Waals surface area (Å²) in [4.78, 5) is 22.8. The van der Waals surface area contributed by atoms with Crippen LogP contribution in [0.4, 0.5) is 5.69 Å². The number of nitrogens with one attached hydrogen (secondary N) is 2. The molecule has 1 aromatic rings. The molecule has 16 heavy (non-hydrogen) atoms. The molecule has 0 atom stereocenters. The number of carbonyl (C=O) groups excluding carboxylic acids is 2. The van der Waals surface area contributed by atoms with Crippen LogP contribution in [0.3, 0.4) is 0 Å². The minimum absolute atomic E-state index is 0.171. The summed E-state index contributed by atoms with van der Waals surface area (Å²) in [5, 5.41) is 5.47. The molecule has 0 spiro atoms. The maximum absolute atomic E-state index is 11.4. The van der Waals surface area contributed by atoms with Crippen LogP contribution in [0.15, 0.2) is 24.3 Å². The molecule has 1 aliphatic rings. The average molecular weight is 239 g/mol. The lowest BCUT2D eigenvalue weighted by molar-refractivity contribution is -0.136. The third kappa shape index (κ3) is 2.73. The van der Waals surface area contributed by atoms with E-state index >= 15 is 0 Å². The van der Waals surface area contributed by atoms with E-state index in [2.05, 4.69) is 10.6 Å². The summed E-state index contributed by atoms with van der Waals surface area (Å²) in [6.45, 7) is 0. The van der Waals surface area contributed by atoms with E-state index in [1.807, 2.05) is 0 Å². The summed E-state index contributed by atoms with van der Waals surface area (Å²) in [6, 6.07) is 6.95. The van der Waals surface area contributed by atoms with Gasteiger partial charge in [-0.1, -0.05) is 23.7 Å². The van der Waals surface area contributed by atoms with E-state index in [-0.39, 0.29) is 6.04 Å². The number of benzene rings is 1. The lowest BCUT2D eigenvalue weighted by Crippen LogP contribution is -2.36. The van der Waals surface area contributed by atoms with Crippen molar-refractivity contribution >= 4 is 29.1 Å². The third-order valence-corrected chi connectivity index (χ3v) is 2.57. The predicted octanol–water partition coefficient (Wildman–Crippen LogP) is 1.56. The number of carbonyl (C=O) groups is 2. The molecule has 0 heterocycles. The quantitative estimate of drug-likeness (QED) is 0.769. The van der Waals surface area contributed by atoms with E-state index in [9.17, 15) is 9.59 Å². The number of hydrogen-bond acceptors (Lipinski definition) is 2. The summed E-state index contributed by atoms with van der Waals surface area (Å²) in [5.74, 6) is -1.29. The first kappa shape index (κ1) is 11.0. The molecule has 0 saturated heterocycles. The van der Waals surface area contributed by atoms with Crippen LogP contribution in [0.2, 0.25) is 5.02 Å². The van der Waals surface area contributed by atoms with Gasteiger partial charge in [0.05, 0.1) is 10.7 Å². The van der Waals surface area contributed by atoms with Gasteiger partial charge in [-0.2, -0.15) is 0 Å². The zero-order valence-corrected chi connectivity index (χ0v) is 9.25. The van der Waals surface area contributed by atoms with Crippen molar-refractivity contribution in [1.29, 1.82) is 0 Å². The highest BCUT2D eigenvalue weighted by Gasteiger charge is 2.26. The largest absolute Gasteiger partial charge is 0.345 e. The molecule has 0 radical (unpaired) electrons. The van der Waals surface area contributed by atoms with Crippen LogP contribution in [-0.2, 0) is 9.59 Å². The molecule has 2 amide bonds. The predicted molar refractivity (Wildman–Crippen MR) is 61.2 cm³/mol. The van der Waals surface area contributed by atoms with Gasteiger partial charge >= 0.3 is 11.8 Å².